The number of nitrogens with one attached hydrogen (secondary N) is 2. The molecule has 0 spiro atoms. The molecule has 0 saturated heterocycles. The summed E-state index contributed by atoms with van der Waals surface area (Å²) in [5, 5.41) is 7.44. The van der Waals surface area contributed by atoms with Crippen LogP contribution in [-0.2, 0) is 6.54 Å². The van der Waals surface area contributed by atoms with Crippen molar-refractivity contribution in [1.29, 1.82) is 0 Å². The van der Waals surface area contributed by atoms with Gasteiger partial charge < -0.3 is 10.6 Å². The van der Waals surface area contributed by atoms with Crippen molar-refractivity contribution < 1.29 is 4.39 Å². The Hall–Kier alpha value is -3.25. The van der Waals surface area contributed by atoms with Crippen molar-refractivity contribution in [2.45, 2.75) is 6.54 Å². The number of hydrogen-bond acceptors (Lipinski definition) is 5. The van der Waals surface area contributed by atoms with Gasteiger partial charge in [-0.05, 0) is 48.0 Å². The minimum absolute atomic E-state index is 0.0530. The number of benzene rings is 2. The van der Waals surface area contributed by atoms with Crippen LogP contribution in [0.4, 0.5) is 21.6 Å². The molecule has 7 heteroatoms. The first kappa shape index (κ1) is 17.2. The van der Waals surface area contributed by atoms with Crippen LogP contribution in [0.3, 0.4) is 0 Å². The Kier molecular flexibility index (Phi) is 4.80. The number of rotatable bonds is 5. The molecule has 0 aliphatic carbocycles. The van der Waals surface area contributed by atoms with Crippen LogP contribution in [0.5, 0.6) is 0 Å². The number of pyridine rings is 1. The lowest BCUT2D eigenvalue weighted by molar-refractivity contribution is 0.628. The molecule has 134 valence electrons. The van der Waals surface area contributed by atoms with Gasteiger partial charge in [0.1, 0.15) is 18.0 Å². The quantitative estimate of drug-likeness (QED) is 0.500. The molecule has 0 aliphatic rings. The minimum Gasteiger partial charge on any atom is -0.381 e. The predicted molar refractivity (Wildman–Crippen MR) is 106 cm³/mol. The van der Waals surface area contributed by atoms with Crippen molar-refractivity contribution in [2.75, 3.05) is 10.6 Å². The average molecular weight is 380 g/mol. The van der Waals surface area contributed by atoms with Crippen molar-refractivity contribution in [1.82, 2.24) is 15.0 Å². The van der Waals surface area contributed by atoms with Gasteiger partial charge in [0.15, 0.2) is 0 Å². The van der Waals surface area contributed by atoms with E-state index in [0.717, 1.165) is 22.2 Å². The van der Waals surface area contributed by atoms with E-state index in [0.29, 0.717) is 18.1 Å². The van der Waals surface area contributed by atoms with Crippen molar-refractivity contribution in [3.8, 4) is 0 Å². The van der Waals surface area contributed by atoms with Crippen LogP contribution in [-0.4, -0.2) is 15.0 Å². The standard InChI is InChI=1S/C20H15ClFN5/c21-17-9-15(3-5-18(17)22)27-20-16-8-14(4-6-19(16)25-12-26-20)24-11-13-2-1-7-23-10-13/h1-10,12,24H,11H2,(H,25,26,27). The summed E-state index contributed by atoms with van der Waals surface area (Å²) in [6, 6.07) is 14.2. The van der Waals surface area contributed by atoms with E-state index in [4.69, 9.17) is 11.6 Å². The lowest BCUT2D eigenvalue weighted by Crippen LogP contribution is -2.01. The van der Waals surface area contributed by atoms with E-state index in [9.17, 15) is 4.39 Å². The molecule has 2 aromatic carbocycles. The second-order valence-electron chi connectivity index (χ2n) is 5.92. The molecule has 0 atom stereocenters. The highest BCUT2D eigenvalue weighted by Gasteiger charge is 2.07. The molecule has 2 heterocycles. The fourth-order valence-corrected chi connectivity index (χ4v) is 2.86. The number of halogens is 2. The molecule has 4 aromatic rings. The molecular formula is C20H15ClFN5. The van der Waals surface area contributed by atoms with Gasteiger partial charge >= 0.3 is 0 Å². The molecule has 0 aliphatic heterocycles. The SMILES string of the molecule is Fc1ccc(Nc2ncnc3ccc(NCc4cccnc4)cc23)cc1Cl. The highest BCUT2D eigenvalue weighted by atomic mass is 35.5. The Morgan fingerprint density at radius 3 is 2.70 bits per heavy atom. The van der Waals surface area contributed by atoms with E-state index < -0.39 is 5.82 Å². The van der Waals surface area contributed by atoms with Crippen LogP contribution in [0.15, 0.2) is 67.3 Å². The molecule has 0 fully saturated rings. The molecule has 0 radical (unpaired) electrons. The molecular weight excluding hydrogens is 365 g/mol. The molecule has 0 amide bonds. The van der Waals surface area contributed by atoms with Gasteiger partial charge in [-0.3, -0.25) is 4.98 Å². The largest absolute Gasteiger partial charge is 0.381 e. The molecule has 27 heavy (non-hydrogen) atoms. The highest BCUT2D eigenvalue weighted by Crippen LogP contribution is 2.27. The van der Waals surface area contributed by atoms with Gasteiger partial charge in [-0.25, -0.2) is 14.4 Å². The third-order valence-electron chi connectivity index (χ3n) is 4.04. The van der Waals surface area contributed by atoms with E-state index in [1.165, 1.54) is 18.5 Å². The van der Waals surface area contributed by atoms with E-state index in [-0.39, 0.29) is 5.02 Å². The van der Waals surface area contributed by atoms with Gasteiger partial charge in [-0.1, -0.05) is 17.7 Å². The summed E-state index contributed by atoms with van der Waals surface area (Å²) in [5.41, 5.74) is 3.46. The van der Waals surface area contributed by atoms with Gasteiger partial charge in [-0.2, -0.15) is 0 Å². The number of hydrogen-bond donors (Lipinski definition) is 2. The second-order valence-corrected chi connectivity index (χ2v) is 6.33. The Balaban J connectivity index is 1.61. The summed E-state index contributed by atoms with van der Waals surface area (Å²) >= 11 is 5.86. The topological polar surface area (TPSA) is 62.7 Å². The lowest BCUT2D eigenvalue weighted by atomic mass is 10.2. The van der Waals surface area contributed by atoms with Crippen LogP contribution in [0.25, 0.3) is 10.9 Å². The van der Waals surface area contributed by atoms with Crippen LogP contribution in [0.1, 0.15) is 5.56 Å². The van der Waals surface area contributed by atoms with Crippen LogP contribution >= 0.6 is 11.6 Å². The maximum Gasteiger partial charge on any atom is 0.141 e. The molecule has 2 aromatic heterocycles. The van der Waals surface area contributed by atoms with E-state index >= 15 is 0 Å². The van der Waals surface area contributed by atoms with Crippen molar-refractivity contribution in [3.63, 3.8) is 0 Å². The smallest absolute Gasteiger partial charge is 0.141 e. The number of aromatic nitrogens is 3. The first-order chi connectivity index (χ1) is 13.2. The first-order valence-corrected chi connectivity index (χ1v) is 8.66. The molecule has 0 saturated carbocycles. The minimum atomic E-state index is -0.461. The summed E-state index contributed by atoms with van der Waals surface area (Å²) in [4.78, 5) is 12.7. The Morgan fingerprint density at radius 1 is 1.00 bits per heavy atom. The summed E-state index contributed by atoms with van der Waals surface area (Å²) in [5.74, 6) is 0.157. The highest BCUT2D eigenvalue weighted by molar-refractivity contribution is 6.31. The van der Waals surface area contributed by atoms with Crippen LogP contribution in [0, 0.1) is 5.82 Å². The summed E-state index contributed by atoms with van der Waals surface area (Å²) in [6.45, 7) is 0.656. The second kappa shape index (κ2) is 7.55. The third kappa shape index (κ3) is 3.96. The molecule has 0 unspecified atom stereocenters. The zero-order valence-electron chi connectivity index (χ0n) is 14.2. The molecule has 0 bridgehead atoms. The molecule has 4 rings (SSSR count). The summed E-state index contributed by atoms with van der Waals surface area (Å²) in [6.07, 6.45) is 5.05. The number of nitrogens with zero attached hydrogens (tertiary/aromatic N) is 3. The maximum atomic E-state index is 13.4. The Bertz CT molecular complexity index is 1090. The van der Waals surface area contributed by atoms with E-state index in [1.807, 2.05) is 36.5 Å². The Morgan fingerprint density at radius 2 is 1.89 bits per heavy atom. The lowest BCUT2D eigenvalue weighted by Gasteiger charge is -2.11. The van der Waals surface area contributed by atoms with Crippen LogP contribution in [0.2, 0.25) is 5.02 Å². The van der Waals surface area contributed by atoms with Gasteiger partial charge in [0.2, 0.25) is 0 Å². The normalized spacial score (nSPS) is 10.7. The van der Waals surface area contributed by atoms with Crippen molar-refractivity contribution in [2.24, 2.45) is 0 Å². The number of anilines is 3. The monoisotopic (exact) mass is 379 g/mol. The zero-order valence-corrected chi connectivity index (χ0v) is 14.9. The Labute approximate surface area is 160 Å². The van der Waals surface area contributed by atoms with Gasteiger partial charge in [0.25, 0.3) is 0 Å². The van der Waals surface area contributed by atoms with Crippen LogP contribution < -0.4 is 10.6 Å². The summed E-state index contributed by atoms with van der Waals surface area (Å²) < 4.78 is 13.4. The third-order valence-corrected chi connectivity index (χ3v) is 4.33. The van der Waals surface area contributed by atoms with Gasteiger partial charge in [0, 0.05) is 35.7 Å². The molecule has 2 N–H and O–H groups in total. The zero-order chi connectivity index (χ0) is 18.6. The fraction of sp³-hybridized carbons (Fsp3) is 0.0500. The maximum absolute atomic E-state index is 13.4. The average Bonchev–Trinajstić information content (AvgIpc) is 2.70. The van der Waals surface area contributed by atoms with Crippen molar-refractivity contribution in [3.05, 3.63) is 83.7 Å². The predicted octanol–water partition coefficient (Wildman–Crippen LogP) is 5.17. The van der Waals surface area contributed by atoms with E-state index in [1.54, 1.807) is 12.3 Å². The summed E-state index contributed by atoms with van der Waals surface area (Å²) in [7, 11) is 0. The van der Waals surface area contributed by atoms with E-state index in [2.05, 4.69) is 25.6 Å². The van der Waals surface area contributed by atoms with Gasteiger partial charge in [0.05, 0.1) is 10.5 Å². The van der Waals surface area contributed by atoms with Gasteiger partial charge in [-0.15, -0.1) is 0 Å². The molecule has 5 nitrogen and oxygen atoms in total. The first-order valence-electron chi connectivity index (χ1n) is 8.29. The number of fused-ring (bicyclic) bond motifs is 1. The van der Waals surface area contributed by atoms with Crippen molar-refractivity contribution >= 4 is 39.7 Å². The fourth-order valence-electron chi connectivity index (χ4n) is 2.68.